The van der Waals surface area contributed by atoms with Gasteiger partial charge in [-0.15, -0.1) is 11.3 Å². The van der Waals surface area contributed by atoms with Gasteiger partial charge in [0, 0.05) is 4.70 Å². The van der Waals surface area contributed by atoms with Gasteiger partial charge in [-0.05, 0) is 73.2 Å². The van der Waals surface area contributed by atoms with E-state index in [-0.39, 0.29) is 11.7 Å². The molecule has 1 aliphatic rings. The van der Waals surface area contributed by atoms with Gasteiger partial charge in [0.25, 0.3) is 0 Å². The summed E-state index contributed by atoms with van der Waals surface area (Å²) < 4.78 is 7.63. The highest BCUT2D eigenvalue weighted by Crippen LogP contribution is 2.41. The van der Waals surface area contributed by atoms with Crippen molar-refractivity contribution in [2.45, 2.75) is 59.0 Å². The number of nitrogens with zero attached hydrogens (tertiary/aromatic N) is 1. The lowest BCUT2D eigenvalue weighted by molar-refractivity contribution is 0.0698. The van der Waals surface area contributed by atoms with Crippen LogP contribution in [0.4, 0.5) is 0 Å². The van der Waals surface area contributed by atoms with Gasteiger partial charge in [0.2, 0.25) is 0 Å². The smallest absolute Gasteiger partial charge is 0.336 e. The number of carboxylic acids is 1. The number of pyridine rings is 1. The second kappa shape index (κ2) is 8.79. The van der Waals surface area contributed by atoms with Crippen molar-refractivity contribution >= 4 is 38.3 Å². The van der Waals surface area contributed by atoms with E-state index in [0.29, 0.717) is 17.1 Å². The second-order valence-electron chi connectivity index (χ2n) is 9.22. The molecule has 1 saturated carbocycles. The predicted molar refractivity (Wildman–Crippen MR) is 136 cm³/mol. The number of ether oxygens (including phenoxy) is 1. The summed E-state index contributed by atoms with van der Waals surface area (Å²) in [7, 11) is 0. The predicted octanol–water partition coefficient (Wildman–Crippen LogP) is 7.64. The highest BCUT2D eigenvalue weighted by atomic mass is 32.1. The summed E-state index contributed by atoms with van der Waals surface area (Å²) in [6.45, 7) is 6.43. The normalized spacial score (nSPS) is 18.6. The molecule has 5 rings (SSSR count). The van der Waals surface area contributed by atoms with Crippen LogP contribution in [0.2, 0.25) is 0 Å². The Labute approximate surface area is 198 Å². The highest BCUT2D eigenvalue weighted by molar-refractivity contribution is 7.22. The molecule has 0 aliphatic heterocycles. The van der Waals surface area contributed by atoms with E-state index in [4.69, 9.17) is 9.72 Å². The molecule has 0 unspecified atom stereocenters. The van der Waals surface area contributed by atoms with Gasteiger partial charge in [-0.3, -0.25) is 0 Å². The first kappa shape index (κ1) is 21.9. The van der Waals surface area contributed by atoms with Crippen LogP contribution in [-0.2, 0) is 6.42 Å². The lowest BCUT2D eigenvalue weighted by atomic mass is 9.88. The largest absolute Gasteiger partial charge is 0.490 e. The molecule has 2 heterocycles. The third-order valence-electron chi connectivity index (χ3n) is 6.88. The number of fused-ring (bicyclic) bond motifs is 2. The Morgan fingerprint density at radius 3 is 2.76 bits per heavy atom. The van der Waals surface area contributed by atoms with Gasteiger partial charge in [0.1, 0.15) is 5.75 Å². The molecular formula is C28H29NO3S. The molecule has 170 valence electrons. The first-order valence-electron chi connectivity index (χ1n) is 11.8. The summed E-state index contributed by atoms with van der Waals surface area (Å²) in [6, 6.07) is 14.0. The van der Waals surface area contributed by atoms with E-state index in [1.54, 1.807) is 17.4 Å². The molecule has 1 N–H and O–H groups in total. The Balaban J connectivity index is 1.71. The first-order chi connectivity index (χ1) is 16.0. The standard InChI is InChI=1S/C28H29NO3S/c1-4-18-12-13-23(32-19-9-7-8-16(2)14-19)25-21(28(30)31)15-22(29-26(18)25)27-17(3)20-10-5-6-11-24(20)33-27/h5-6,10-13,15-16,19H,4,7-9,14H2,1-3H3,(H,30,31)/t16-,19+/m1/s1. The van der Waals surface area contributed by atoms with Crippen molar-refractivity contribution in [2.75, 3.05) is 0 Å². The summed E-state index contributed by atoms with van der Waals surface area (Å²) >= 11 is 1.67. The minimum atomic E-state index is -0.947. The monoisotopic (exact) mass is 459 g/mol. The molecule has 0 saturated heterocycles. The summed E-state index contributed by atoms with van der Waals surface area (Å²) in [5.41, 5.74) is 3.90. The molecule has 5 heteroatoms. The fraction of sp³-hybridized carbons (Fsp3) is 0.357. The van der Waals surface area contributed by atoms with E-state index < -0.39 is 5.97 Å². The van der Waals surface area contributed by atoms with Crippen LogP contribution in [0.25, 0.3) is 31.6 Å². The number of carbonyl (C=O) groups is 1. The van der Waals surface area contributed by atoms with E-state index in [0.717, 1.165) is 52.9 Å². The van der Waals surface area contributed by atoms with Crippen molar-refractivity contribution in [3.8, 4) is 16.3 Å². The van der Waals surface area contributed by atoms with E-state index in [1.807, 2.05) is 24.3 Å². The second-order valence-corrected chi connectivity index (χ2v) is 10.3. The molecule has 2 aromatic carbocycles. The number of hydrogen-bond acceptors (Lipinski definition) is 4. The molecule has 4 aromatic rings. The molecule has 1 aliphatic carbocycles. The van der Waals surface area contributed by atoms with Crippen LogP contribution in [0.1, 0.15) is 61.0 Å². The van der Waals surface area contributed by atoms with Gasteiger partial charge in [-0.25, -0.2) is 9.78 Å². The SMILES string of the molecule is CCc1ccc(O[C@H]2CCC[C@@H](C)C2)c2c(C(=O)O)cc(-c3sc4ccccc4c3C)nc12. The Morgan fingerprint density at radius 2 is 2.03 bits per heavy atom. The van der Waals surface area contributed by atoms with Crippen LogP contribution in [0.15, 0.2) is 42.5 Å². The summed E-state index contributed by atoms with van der Waals surface area (Å²) in [5.74, 6) is 0.327. The summed E-state index contributed by atoms with van der Waals surface area (Å²) in [4.78, 5) is 18.5. The minimum Gasteiger partial charge on any atom is -0.490 e. The zero-order valence-electron chi connectivity index (χ0n) is 19.4. The van der Waals surface area contributed by atoms with Gasteiger partial charge >= 0.3 is 5.97 Å². The fourth-order valence-electron chi connectivity index (χ4n) is 5.12. The molecule has 0 radical (unpaired) electrons. The van der Waals surface area contributed by atoms with Gasteiger partial charge in [0.15, 0.2) is 0 Å². The van der Waals surface area contributed by atoms with Gasteiger partial charge in [-0.2, -0.15) is 0 Å². The molecule has 0 amide bonds. The topological polar surface area (TPSA) is 59.4 Å². The molecule has 2 aromatic heterocycles. The molecule has 4 nitrogen and oxygen atoms in total. The number of thiophene rings is 1. The molecule has 0 bridgehead atoms. The van der Waals surface area contributed by atoms with Crippen LogP contribution < -0.4 is 4.74 Å². The molecule has 33 heavy (non-hydrogen) atoms. The quantitative estimate of drug-likeness (QED) is 0.333. The molecular weight excluding hydrogens is 430 g/mol. The van der Waals surface area contributed by atoms with Crippen LogP contribution in [0.3, 0.4) is 0 Å². The highest BCUT2D eigenvalue weighted by Gasteiger charge is 2.25. The zero-order chi connectivity index (χ0) is 23.1. The average molecular weight is 460 g/mol. The van der Waals surface area contributed by atoms with E-state index in [2.05, 4.69) is 32.9 Å². The Morgan fingerprint density at radius 1 is 1.21 bits per heavy atom. The number of aromatic nitrogens is 1. The number of benzene rings is 2. The Hall–Kier alpha value is -2.92. The molecule has 0 spiro atoms. The third-order valence-corrected chi connectivity index (χ3v) is 8.17. The van der Waals surface area contributed by atoms with Crippen molar-refractivity contribution in [3.05, 3.63) is 59.2 Å². The average Bonchev–Trinajstić information content (AvgIpc) is 3.15. The van der Waals surface area contributed by atoms with E-state index in [9.17, 15) is 9.90 Å². The summed E-state index contributed by atoms with van der Waals surface area (Å²) in [6.07, 6.45) is 5.29. The maximum absolute atomic E-state index is 12.5. The number of rotatable bonds is 5. The van der Waals surface area contributed by atoms with Crippen molar-refractivity contribution < 1.29 is 14.6 Å². The molecule has 2 atom stereocenters. The lowest BCUT2D eigenvalue weighted by Gasteiger charge is -2.28. The van der Waals surface area contributed by atoms with Gasteiger partial charge in [0.05, 0.1) is 33.1 Å². The number of aromatic carboxylic acids is 1. The Kier molecular flexibility index (Phi) is 5.83. The van der Waals surface area contributed by atoms with Crippen molar-refractivity contribution in [2.24, 2.45) is 5.92 Å². The zero-order valence-corrected chi connectivity index (χ0v) is 20.2. The van der Waals surface area contributed by atoms with Crippen molar-refractivity contribution in [1.29, 1.82) is 0 Å². The lowest BCUT2D eigenvalue weighted by Crippen LogP contribution is -2.24. The summed E-state index contributed by atoms with van der Waals surface area (Å²) in [5, 5.41) is 12.0. The van der Waals surface area contributed by atoms with Crippen molar-refractivity contribution in [3.63, 3.8) is 0 Å². The van der Waals surface area contributed by atoms with E-state index >= 15 is 0 Å². The minimum absolute atomic E-state index is 0.121. The third kappa shape index (κ3) is 3.99. The number of aryl methyl sites for hydroxylation is 2. The first-order valence-corrected chi connectivity index (χ1v) is 12.6. The van der Waals surface area contributed by atoms with Crippen LogP contribution in [0, 0.1) is 12.8 Å². The van der Waals surface area contributed by atoms with Crippen LogP contribution in [-0.4, -0.2) is 22.2 Å². The van der Waals surface area contributed by atoms with E-state index in [1.165, 1.54) is 16.5 Å². The van der Waals surface area contributed by atoms with Crippen LogP contribution >= 0.6 is 11.3 Å². The maximum atomic E-state index is 12.5. The number of hydrogen-bond donors (Lipinski definition) is 1. The fourth-order valence-corrected chi connectivity index (χ4v) is 6.29. The Bertz CT molecular complexity index is 1360. The maximum Gasteiger partial charge on any atom is 0.336 e. The van der Waals surface area contributed by atoms with Gasteiger partial charge < -0.3 is 9.84 Å². The van der Waals surface area contributed by atoms with Crippen molar-refractivity contribution in [1.82, 2.24) is 4.98 Å². The number of carboxylic acid groups (broad SMARTS) is 1. The molecule has 1 fully saturated rings. The van der Waals surface area contributed by atoms with Crippen LogP contribution in [0.5, 0.6) is 5.75 Å². The van der Waals surface area contributed by atoms with Gasteiger partial charge in [-0.1, -0.05) is 44.5 Å².